The Morgan fingerprint density at radius 3 is 2.31 bits per heavy atom. The smallest absolute Gasteiger partial charge is 0.163 e. The standard InChI is InChI=1S/C10H16F2O/c1-5-9(11)6-10(12)8(4)13-7(2)3/h6-7H,5H2,1-4H3/b9-6+,10-8?. The van der Waals surface area contributed by atoms with Gasteiger partial charge in [-0.3, -0.25) is 0 Å². The predicted molar refractivity (Wildman–Crippen MR) is 49.5 cm³/mol. The molecule has 76 valence electrons. The molecule has 0 fully saturated rings. The normalized spacial score (nSPS) is 14.5. The van der Waals surface area contributed by atoms with Crippen molar-refractivity contribution in [2.24, 2.45) is 0 Å². The van der Waals surface area contributed by atoms with E-state index in [-0.39, 0.29) is 18.3 Å². The molecule has 0 saturated carbocycles. The van der Waals surface area contributed by atoms with Gasteiger partial charge in [0.25, 0.3) is 0 Å². The highest BCUT2D eigenvalue weighted by Crippen LogP contribution is 2.15. The topological polar surface area (TPSA) is 9.23 Å². The number of allylic oxidation sites excluding steroid dienone is 4. The van der Waals surface area contributed by atoms with Gasteiger partial charge in [0, 0.05) is 6.08 Å². The van der Waals surface area contributed by atoms with Gasteiger partial charge < -0.3 is 4.74 Å². The van der Waals surface area contributed by atoms with Gasteiger partial charge in [0.05, 0.1) is 6.10 Å². The van der Waals surface area contributed by atoms with Crippen LogP contribution in [0.25, 0.3) is 0 Å². The Bertz CT molecular complexity index is 217. The average Bonchev–Trinajstić information content (AvgIpc) is 2.02. The highest BCUT2D eigenvalue weighted by atomic mass is 19.1. The van der Waals surface area contributed by atoms with Gasteiger partial charge in [-0.2, -0.15) is 0 Å². The lowest BCUT2D eigenvalue weighted by Gasteiger charge is -2.09. The Morgan fingerprint density at radius 1 is 1.38 bits per heavy atom. The van der Waals surface area contributed by atoms with Crippen LogP contribution in [0.2, 0.25) is 0 Å². The van der Waals surface area contributed by atoms with E-state index in [0.717, 1.165) is 6.08 Å². The second-order valence-electron chi connectivity index (χ2n) is 3.02. The molecular weight excluding hydrogens is 174 g/mol. The maximum Gasteiger partial charge on any atom is 0.163 e. The highest BCUT2D eigenvalue weighted by Gasteiger charge is 2.03. The highest BCUT2D eigenvalue weighted by molar-refractivity contribution is 5.16. The summed E-state index contributed by atoms with van der Waals surface area (Å²) in [5.41, 5.74) is 0. The first-order valence-corrected chi connectivity index (χ1v) is 4.36. The number of hydrogen-bond donors (Lipinski definition) is 0. The second-order valence-corrected chi connectivity index (χ2v) is 3.02. The Balaban J connectivity index is 4.43. The van der Waals surface area contributed by atoms with E-state index in [1.165, 1.54) is 6.92 Å². The molecule has 1 nitrogen and oxygen atoms in total. The van der Waals surface area contributed by atoms with Crippen molar-refractivity contribution < 1.29 is 13.5 Å². The van der Waals surface area contributed by atoms with Gasteiger partial charge in [-0.15, -0.1) is 0 Å². The lowest BCUT2D eigenvalue weighted by atomic mass is 10.3. The third-order valence-corrected chi connectivity index (χ3v) is 1.37. The summed E-state index contributed by atoms with van der Waals surface area (Å²) in [6, 6.07) is 0. The van der Waals surface area contributed by atoms with Crippen LogP contribution in [0.15, 0.2) is 23.5 Å². The number of hydrogen-bond acceptors (Lipinski definition) is 1. The molecule has 0 aliphatic carbocycles. The summed E-state index contributed by atoms with van der Waals surface area (Å²) in [6.45, 7) is 6.68. The van der Waals surface area contributed by atoms with Crippen molar-refractivity contribution in [1.82, 2.24) is 0 Å². The maximum absolute atomic E-state index is 13.0. The van der Waals surface area contributed by atoms with Gasteiger partial charge in [0.15, 0.2) is 5.83 Å². The zero-order chi connectivity index (χ0) is 10.4. The fourth-order valence-corrected chi connectivity index (χ4v) is 0.751. The number of rotatable bonds is 4. The van der Waals surface area contributed by atoms with Crippen LogP contribution >= 0.6 is 0 Å². The molecular formula is C10H16F2O. The molecule has 0 aliphatic rings. The molecule has 0 unspecified atom stereocenters. The quantitative estimate of drug-likeness (QED) is 0.483. The summed E-state index contributed by atoms with van der Waals surface area (Å²) in [5, 5.41) is 0. The Hall–Kier alpha value is -0.860. The summed E-state index contributed by atoms with van der Waals surface area (Å²) in [4.78, 5) is 0. The Labute approximate surface area is 78.1 Å². The molecule has 0 spiro atoms. The molecule has 0 rings (SSSR count). The van der Waals surface area contributed by atoms with Crippen LogP contribution in [0.5, 0.6) is 0 Å². The number of ether oxygens (including phenoxy) is 1. The minimum Gasteiger partial charge on any atom is -0.493 e. The first kappa shape index (κ1) is 12.1. The SMILES string of the molecule is CC/C(F)=C\C(F)=C(C)OC(C)C. The average molecular weight is 190 g/mol. The van der Waals surface area contributed by atoms with Crippen LogP contribution in [0.1, 0.15) is 34.1 Å². The summed E-state index contributed by atoms with van der Waals surface area (Å²) < 4.78 is 30.7. The van der Waals surface area contributed by atoms with Gasteiger partial charge in [0.2, 0.25) is 0 Å². The van der Waals surface area contributed by atoms with E-state index in [1.54, 1.807) is 20.8 Å². The zero-order valence-corrected chi connectivity index (χ0v) is 8.53. The second kappa shape index (κ2) is 5.73. The van der Waals surface area contributed by atoms with E-state index in [2.05, 4.69) is 0 Å². The summed E-state index contributed by atoms with van der Waals surface area (Å²) in [7, 11) is 0. The first-order valence-electron chi connectivity index (χ1n) is 4.36. The lowest BCUT2D eigenvalue weighted by molar-refractivity contribution is 0.142. The van der Waals surface area contributed by atoms with Gasteiger partial charge in [-0.25, -0.2) is 8.78 Å². The van der Waals surface area contributed by atoms with Crippen LogP contribution < -0.4 is 0 Å². The van der Waals surface area contributed by atoms with E-state index in [0.29, 0.717) is 0 Å². The van der Waals surface area contributed by atoms with E-state index in [1.807, 2.05) is 0 Å². The molecule has 0 heterocycles. The summed E-state index contributed by atoms with van der Waals surface area (Å²) >= 11 is 0. The molecule has 0 amide bonds. The van der Waals surface area contributed by atoms with Crippen LogP contribution in [-0.4, -0.2) is 6.10 Å². The largest absolute Gasteiger partial charge is 0.493 e. The van der Waals surface area contributed by atoms with Crippen molar-refractivity contribution in [3.8, 4) is 0 Å². The minimum atomic E-state index is -0.645. The van der Waals surface area contributed by atoms with E-state index < -0.39 is 11.7 Å². The molecule has 0 saturated heterocycles. The van der Waals surface area contributed by atoms with Crippen molar-refractivity contribution in [2.45, 2.75) is 40.2 Å². The van der Waals surface area contributed by atoms with Crippen molar-refractivity contribution in [3.05, 3.63) is 23.5 Å². The van der Waals surface area contributed by atoms with Crippen LogP contribution in [-0.2, 0) is 4.74 Å². The molecule has 0 N–H and O–H groups in total. The van der Waals surface area contributed by atoms with Crippen molar-refractivity contribution >= 4 is 0 Å². The summed E-state index contributed by atoms with van der Waals surface area (Å²) in [6.07, 6.45) is 0.962. The van der Waals surface area contributed by atoms with Gasteiger partial charge in [-0.05, 0) is 27.2 Å². The molecule has 0 aromatic heterocycles. The van der Waals surface area contributed by atoms with Crippen LogP contribution in [0.4, 0.5) is 8.78 Å². The van der Waals surface area contributed by atoms with Crippen molar-refractivity contribution in [3.63, 3.8) is 0 Å². The zero-order valence-electron chi connectivity index (χ0n) is 8.53. The fourth-order valence-electron chi connectivity index (χ4n) is 0.751. The van der Waals surface area contributed by atoms with E-state index in [9.17, 15) is 8.78 Å². The lowest BCUT2D eigenvalue weighted by Crippen LogP contribution is -2.00. The third-order valence-electron chi connectivity index (χ3n) is 1.37. The third kappa shape index (κ3) is 5.39. The minimum absolute atomic E-state index is 0.0937. The van der Waals surface area contributed by atoms with Crippen molar-refractivity contribution in [2.75, 3.05) is 0 Å². The molecule has 0 aromatic rings. The summed E-state index contributed by atoms with van der Waals surface area (Å²) in [5.74, 6) is -1.00. The Morgan fingerprint density at radius 2 is 1.92 bits per heavy atom. The first-order chi connectivity index (χ1) is 5.97. The van der Waals surface area contributed by atoms with Crippen LogP contribution in [0, 0.1) is 0 Å². The molecule has 13 heavy (non-hydrogen) atoms. The molecule has 0 aliphatic heterocycles. The van der Waals surface area contributed by atoms with E-state index in [4.69, 9.17) is 4.74 Å². The van der Waals surface area contributed by atoms with E-state index >= 15 is 0 Å². The molecule has 0 radical (unpaired) electrons. The Kier molecular flexibility index (Phi) is 5.35. The maximum atomic E-state index is 13.0. The number of halogens is 2. The van der Waals surface area contributed by atoms with Gasteiger partial charge in [-0.1, -0.05) is 6.92 Å². The van der Waals surface area contributed by atoms with Crippen LogP contribution in [0.3, 0.4) is 0 Å². The molecule has 3 heteroatoms. The molecule has 0 aromatic carbocycles. The van der Waals surface area contributed by atoms with Crippen molar-refractivity contribution in [1.29, 1.82) is 0 Å². The molecule has 0 bridgehead atoms. The van der Waals surface area contributed by atoms with Gasteiger partial charge >= 0.3 is 0 Å². The predicted octanol–water partition coefficient (Wildman–Crippen LogP) is 3.88. The molecule has 0 atom stereocenters. The van der Waals surface area contributed by atoms with Gasteiger partial charge in [0.1, 0.15) is 11.6 Å². The monoisotopic (exact) mass is 190 g/mol. The fraction of sp³-hybridized carbons (Fsp3) is 0.600.